The van der Waals surface area contributed by atoms with Gasteiger partial charge in [-0.25, -0.2) is 4.79 Å². The van der Waals surface area contributed by atoms with Crippen LogP contribution < -0.4 is 0 Å². The zero-order valence-corrected chi connectivity index (χ0v) is 12.9. The van der Waals surface area contributed by atoms with Gasteiger partial charge in [0.05, 0.1) is 5.56 Å². The van der Waals surface area contributed by atoms with E-state index < -0.39 is 5.97 Å². The molecule has 3 aromatic rings. The highest BCUT2D eigenvalue weighted by atomic mass is 16.4. The molecular weight excluding hydrogens is 284 g/mol. The molecule has 0 aliphatic rings. The Kier molecular flexibility index (Phi) is 3.98. The van der Waals surface area contributed by atoms with E-state index in [0.717, 1.165) is 5.56 Å². The van der Waals surface area contributed by atoms with Gasteiger partial charge in [-0.2, -0.15) is 0 Å². The van der Waals surface area contributed by atoms with Crippen molar-refractivity contribution < 1.29 is 9.90 Å². The zero-order chi connectivity index (χ0) is 16.3. The van der Waals surface area contributed by atoms with Gasteiger partial charge in [-0.3, -0.25) is 0 Å². The molecule has 23 heavy (non-hydrogen) atoms. The summed E-state index contributed by atoms with van der Waals surface area (Å²) in [5.74, 6) is -0.905. The van der Waals surface area contributed by atoms with Gasteiger partial charge in [-0.05, 0) is 35.7 Å². The molecule has 0 unspecified atom stereocenters. The van der Waals surface area contributed by atoms with Crippen LogP contribution in [0.15, 0.2) is 84.9 Å². The quantitative estimate of drug-likeness (QED) is 0.707. The highest BCUT2D eigenvalue weighted by molar-refractivity contribution is 5.87. The molecule has 3 aromatic carbocycles. The summed E-state index contributed by atoms with van der Waals surface area (Å²) >= 11 is 0. The van der Waals surface area contributed by atoms with Crippen LogP contribution in [0.1, 0.15) is 34.0 Å². The maximum atomic E-state index is 11.1. The standard InChI is InChI=1S/C21H18O2/c1-21(17-8-4-2-5-9-17,18-10-6-3-7-11-18)19-14-12-16(13-15-19)20(22)23/h2-15H,1H3,(H,22,23). The summed E-state index contributed by atoms with van der Waals surface area (Å²) in [6.45, 7) is 2.17. The number of hydrogen-bond donors (Lipinski definition) is 1. The fourth-order valence-electron chi connectivity index (χ4n) is 2.99. The molecular formula is C21H18O2. The average molecular weight is 302 g/mol. The van der Waals surface area contributed by atoms with E-state index in [9.17, 15) is 4.79 Å². The molecule has 0 spiro atoms. The number of rotatable bonds is 4. The van der Waals surface area contributed by atoms with Gasteiger partial charge < -0.3 is 5.11 Å². The van der Waals surface area contributed by atoms with Crippen LogP contribution in [0.2, 0.25) is 0 Å². The Morgan fingerprint density at radius 2 is 1.09 bits per heavy atom. The second-order valence-electron chi connectivity index (χ2n) is 5.74. The van der Waals surface area contributed by atoms with E-state index in [4.69, 9.17) is 5.11 Å². The molecule has 0 aliphatic heterocycles. The van der Waals surface area contributed by atoms with Gasteiger partial charge in [0.1, 0.15) is 0 Å². The van der Waals surface area contributed by atoms with Crippen LogP contribution in [0.3, 0.4) is 0 Å². The lowest BCUT2D eigenvalue weighted by atomic mass is 9.71. The Bertz CT molecular complexity index is 751. The van der Waals surface area contributed by atoms with E-state index in [-0.39, 0.29) is 5.41 Å². The van der Waals surface area contributed by atoms with Crippen molar-refractivity contribution >= 4 is 5.97 Å². The van der Waals surface area contributed by atoms with Gasteiger partial charge in [0.2, 0.25) is 0 Å². The lowest BCUT2D eigenvalue weighted by Crippen LogP contribution is -2.25. The number of carboxylic acid groups (broad SMARTS) is 1. The minimum atomic E-state index is -0.905. The highest BCUT2D eigenvalue weighted by Crippen LogP contribution is 2.38. The molecule has 0 fully saturated rings. The monoisotopic (exact) mass is 302 g/mol. The predicted octanol–water partition coefficient (Wildman–Crippen LogP) is 4.74. The minimum absolute atomic E-state index is 0.303. The summed E-state index contributed by atoms with van der Waals surface area (Å²) in [7, 11) is 0. The fourth-order valence-corrected chi connectivity index (χ4v) is 2.99. The molecule has 114 valence electrons. The van der Waals surface area contributed by atoms with Gasteiger partial charge in [-0.1, -0.05) is 72.8 Å². The second kappa shape index (κ2) is 6.09. The summed E-state index contributed by atoms with van der Waals surface area (Å²) in [4.78, 5) is 11.1. The van der Waals surface area contributed by atoms with Gasteiger partial charge in [0, 0.05) is 5.41 Å². The molecule has 0 aliphatic carbocycles. The minimum Gasteiger partial charge on any atom is -0.478 e. The molecule has 0 saturated carbocycles. The van der Waals surface area contributed by atoms with Crippen molar-refractivity contribution in [3.05, 3.63) is 107 Å². The molecule has 0 bridgehead atoms. The number of carbonyl (C=O) groups is 1. The topological polar surface area (TPSA) is 37.3 Å². The van der Waals surface area contributed by atoms with E-state index in [0.29, 0.717) is 5.56 Å². The molecule has 0 heterocycles. The second-order valence-corrected chi connectivity index (χ2v) is 5.74. The summed E-state index contributed by atoms with van der Waals surface area (Å²) in [5.41, 5.74) is 3.39. The average Bonchev–Trinajstić information content (AvgIpc) is 2.62. The van der Waals surface area contributed by atoms with Crippen molar-refractivity contribution in [3.8, 4) is 0 Å². The third-order valence-electron chi connectivity index (χ3n) is 4.41. The summed E-state index contributed by atoms with van der Waals surface area (Å²) in [6, 6.07) is 27.7. The number of hydrogen-bond acceptors (Lipinski definition) is 1. The van der Waals surface area contributed by atoms with E-state index in [1.807, 2.05) is 48.5 Å². The third kappa shape index (κ3) is 2.76. The zero-order valence-electron chi connectivity index (χ0n) is 12.9. The van der Waals surface area contributed by atoms with Crippen molar-refractivity contribution in [3.63, 3.8) is 0 Å². The summed E-state index contributed by atoms with van der Waals surface area (Å²) in [6.07, 6.45) is 0. The first kappa shape index (κ1) is 15.0. The molecule has 0 radical (unpaired) electrons. The van der Waals surface area contributed by atoms with Crippen LogP contribution in [-0.2, 0) is 5.41 Å². The number of carboxylic acids is 1. The highest BCUT2D eigenvalue weighted by Gasteiger charge is 2.30. The summed E-state index contributed by atoms with van der Waals surface area (Å²) < 4.78 is 0. The molecule has 0 aromatic heterocycles. The SMILES string of the molecule is CC(c1ccccc1)(c1ccccc1)c1ccc(C(=O)O)cc1. The first-order chi connectivity index (χ1) is 11.1. The number of benzene rings is 3. The Hall–Kier alpha value is -2.87. The summed E-state index contributed by atoms with van der Waals surface area (Å²) in [5, 5.41) is 9.11. The Morgan fingerprint density at radius 3 is 1.48 bits per heavy atom. The van der Waals surface area contributed by atoms with Crippen LogP contribution in [0.25, 0.3) is 0 Å². The van der Waals surface area contributed by atoms with Crippen LogP contribution >= 0.6 is 0 Å². The van der Waals surface area contributed by atoms with E-state index in [1.54, 1.807) is 12.1 Å². The fraction of sp³-hybridized carbons (Fsp3) is 0.0952. The van der Waals surface area contributed by atoms with Crippen molar-refractivity contribution in [2.24, 2.45) is 0 Å². The Balaban J connectivity index is 2.18. The van der Waals surface area contributed by atoms with Crippen molar-refractivity contribution in [1.82, 2.24) is 0 Å². The molecule has 0 atom stereocenters. The lowest BCUT2D eigenvalue weighted by Gasteiger charge is -2.32. The smallest absolute Gasteiger partial charge is 0.335 e. The maximum Gasteiger partial charge on any atom is 0.335 e. The van der Waals surface area contributed by atoms with E-state index in [2.05, 4.69) is 31.2 Å². The Labute approximate surface area is 136 Å². The van der Waals surface area contributed by atoms with Crippen LogP contribution in [0.5, 0.6) is 0 Å². The van der Waals surface area contributed by atoms with Crippen molar-refractivity contribution in [1.29, 1.82) is 0 Å². The predicted molar refractivity (Wildman–Crippen MR) is 91.8 cm³/mol. The van der Waals surface area contributed by atoms with E-state index in [1.165, 1.54) is 11.1 Å². The maximum absolute atomic E-state index is 11.1. The van der Waals surface area contributed by atoms with Crippen LogP contribution in [-0.4, -0.2) is 11.1 Å². The normalized spacial score (nSPS) is 11.2. The lowest BCUT2D eigenvalue weighted by molar-refractivity contribution is 0.0697. The Morgan fingerprint density at radius 1 is 0.696 bits per heavy atom. The third-order valence-corrected chi connectivity index (χ3v) is 4.41. The van der Waals surface area contributed by atoms with Gasteiger partial charge >= 0.3 is 5.97 Å². The molecule has 2 heteroatoms. The number of aromatic carboxylic acids is 1. The molecule has 0 amide bonds. The largest absolute Gasteiger partial charge is 0.478 e. The van der Waals surface area contributed by atoms with Crippen LogP contribution in [0.4, 0.5) is 0 Å². The molecule has 1 N–H and O–H groups in total. The molecule has 2 nitrogen and oxygen atoms in total. The van der Waals surface area contributed by atoms with Gasteiger partial charge in [0.25, 0.3) is 0 Å². The first-order valence-corrected chi connectivity index (χ1v) is 7.57. The van der Waals surface area contributed by atoms with Crippen molar-refractivity contribution in [2.75, 3.05) is 0 Å². The van der Waals surface area contributed by atoms with Crippen LogP contribution in [0, 0.1) is 0 Å². The molecule has 0 saturated heterocycles. The van der Waals surface area contributed by atoms with Gasteiger partial charge in [0.15, 0.2) is 0 Å². The van der Waals surface area contributed by atoms with Crippen molar-refractivity contribution in [2.45, 2.75) is 12.3 Å². The molecule has 3 rings (SSSR count). The first-order valence-electron chi connectivity index (χ1n) is 7.57. The van der Waals surface area contributed by atoms with E-state index >= 15 is 0 Å². The van der Waals surface area contributed by atoms with Gasteiger partial charge in [-0.15, -0.1) is 0 Å².